The smallest absolute Gasteiger partial charge is 0.307 e. The van der Waals surface area contributed by atoms with E-state index in [9.17, 15) is 9.59 Å². The first-order valence-electron chi connectivity index (χ1n) is 7.06. The maximum atomic E-state index is 11.4. The molecule has 0 saturated carbocycles. The van der Waals surface area contributed by atoms with Gasteiger partial charge in [0.25, 0.3) is 0 Å². The molecule has 0 fully saturated rings. The molecule has 0 aliphatic carbocycles. The Morgan fingerprint density at radius 2 is 1.79 bits per heavy atom. The first kappa shape index (κ1) is 17.5. The maximum Gasteiger partial charge on any atom is 0.307 e. The lowest BCUT2D eigenvalue weighted by molar-refractivity contribution is -0.143. The highest BCUT2D eigenvalue weighted by atomic mass is 16.5. The third-order valence-corrected chi connectivity index (χ3v) is 2.73. The average Bonchev–Trinajstić information content (AvgIpc) is 2.41. The fourth-order valence-corrected chi connectivity index (χ4v) is 1.63. The Hall–Kier alpha value is -1.50. The number of unbranched alkanes of at least 4 members (excludes halogenated alkanes) is 5. The maximum absolute atomic E-state index is 11.4. The number of terminal acetylenes is 1. The molecular formula is C15H25NO3. The molecule has 19 heavy (non-hydrogen) atoms. The highest BCUT2D eigenvalue weighted by molar-refractivity contribution is 5.81. The molecule has 0 heterocycles. The zero-order valence-corrected chi connectivity index (χ0v) is 11.9. The molecule has 0 spiro atoms. The van der Waals surface area contributed by atoms with Crippen molar-refractivity contribution in [3.05, 3.63) is 0 Å². The molecule has 0 unspecified atom stereocenters. The summed E-state index contributed by atoms with van der Waals surface area (Å²) >= 11 is 0. The number of hydrogen-bond acceptors (Lipinski definition) is 3. The van der Waals surface area contributed by atoms with E-state index < -0.39 is 5.97 Å². The van der Waals surface area contributed by atoms with Gasteiger partial charge >= 0.3 is 5.97 Å². The molecule has 4 nitrogen and oxygen atoms in total. The van der Waals surface area contributed by atoms with E-state index in [1.54, 1.807) is 0 Å². The van der Waals surface area contributed by atoms with Crippen molar-refractivity contribution in [2.24, 2.45) is 0 Å². The van der Waals surface area contributed by atoms with E-state index in [0.717, 1.165) is 12.8 Å². The van der Waals surface area contributed by atoms with E-state index in [-0.39, 0.29) is 25.4 Å². The number of nitrogens with one attached hydrogen (secondary N) is 1. The molecule has 0 bridgehead atoms. The Morgan fingerprint density at radius 1 is 1.11 bits per heavy atom. The lowest BCUT2D eigenvalue weighted by Crippen LogP contribution is -2.25. The molecule has 108 valence electrons. The van der Waals surface area contributed by atoms with Gasteiger partial charge in [0.1, 0.15) is 0 Å². The van der Waals surface area contributed by atoms with Crippen LogP contribution in [0.4, 0.5) is 0 Å². The molecule has 0 aromatic heterocycles. The summed E-state index contributed by atoms with van der Waals surface area (Å²) in [5.41, 5.74) is 0. The summed E-state index contributed by atoms with van der Waals surface area (Å²) in [6.45, 7) is 2.84. The van der Waals surface area contributed by atoms with Crippen LogP contribution in [0.5, 0.6) is 0 Å². The summed E-state index contributed by atoms with van der Waals surface area (Å²) in [6.07, 6.45) is 12.4. The lowest BCUT2D eigenvalue weighted by atomic mass is 10.1. The normalized spacial score (nSPS) is 9.68. The Labute approximate surface area is 116 Å². The summed E-state index contributed by atoms with van der Waals surface area (Å²) in [4.78, 5) is 22.5. The van der Waals surface area contributed by atoms with Crippen LogP contribution in [0.25, 0.3) is 0 Å². The summed E-state index contributed by atoms with van der Waals surface area (Å²) in [7, 11) is 0. The zero-order chi connectivity index (χ0) is 14.3. The van der Waals surface area contributed by atoms with Crippen molar-refractivity contribution in [3.63, 3.8) is 0 Å². The molecule has 0 aliphatic heterocycles. The molecule has 1 N–H and O–H groups in total. The van der Waals surface area contributed by atoms with E-state index in [1.807, 2.05) is 0 Å². The zero-order valence-electron chi connectivity index (χ0n) is 11.9. The second-order valence-corrected chi connectivity index (χ2v) is 4.48. The van der Waals surface area contributed by atoms with Crippen LogP contribution in [0.15, 0.2) is 0 Å². The SMILES string of the molecule is C#CCOC(=O)CCC(=O)NCCCCCCCC. The molecule has 0 rings (SSSR count). The van der Waals surface area contributed by atoms with Crippen LogP contribution in [0.3, 0.4) is 0 Å². The van der Waals surface area contributed by atoms with E-state index >= 15 is 0 Å². The molecule has 4 heteroatoms. The van der Waals surface area contributed by atoms with Gasteiger partial charge in [-0.05, 0) is 6.42 Å². The third kappa shape index (κ3) is 12.7. The van der Waals surface area contributed by atoms with Crippen molar-refractivity contribution in [1.29, 1.82) is 0 Å². The second kappa shape index (κ2) is 12.9. The van der Waals surface area contributed by atoms with Crippen LogP contribution in [0.1, 0.15) is 58.3 Å². The van der Waals surface area contributed by atoms with Crippen LogP contribution in [0.2, 0.25) is 0 Å². The van der Waals surface area contributed by atoms with Crippen LogP contribution in [-0.2, 0) is 14.3 Å². The van der Waals surface area contributed by atoms with Gasteiger partial charge in [-0.2, -0.15) is 0 Å². The number of ether oxygens (including phenoxy) is 1. The fraction of sp³-hybridized carbons (Fsp3) is 0.733. The van der Waals surface area contributed by atoms with E-state index in [1.165, 1.54) is 25.7 Å². The van der Waals surface area contributed by atoms with Gasteiger partial charge in [0.05, 0.1) is 6.42 Å². The quantitative estimate of drug-likeness (QED) is 0.355. The van der Waals surface area contributed by atoms with Crippen LogP contribution in [-0.4, -0.2) is 25.0 Å². The molecule has 1 amide bonds. The number of hydrogen-bond donors (Lipinski definition) is 1. The van der Waals surface area contributed by atoms with Gasteiger partial charge in [0.2, 0.25) is 5.91 Å². The van der Waals surface area contributed by atoms with E-state index in [0.29, 0.717) is 6.54 Å². The monoisotopic (exact) mass is 267 g/mol. The Kier molecular flexibility index (Phi) is 11.9. The largest absolute Gasteiger partial charge is 0.452 e. The van der Waals surface area contributed by atoms with Crippen molar-refractivity contribution in [2.75, 3.05) is 13.2 Å². The minimum atomic E-state index is -0.423. The first-order chi connectivity index (χ1) is 9.20. The molecule has 0 saturated heterocycles. The topological polar surface area (TPSA) is 55.4 Å². The fourth-order valence-electron chi connectivity index (χ4n) is 1.63. The Morgan fingerprint density at radius 3 is 2.47 bits per heavy atom. The number of amides is 1. The molecule has 0 aromatic carbocycles. The van der Waals surface area contributed by atoms with Crippen LogP contribution < -0.4 is 5.32 Å². The summed E-state index contributed by atoms with van der Waals surface area (Å²) in [6, 6.07) is 0. The van der Waals surface area contributed by atoms with Crippen molar-refractivity contribution < 1.29 is 14.3 Å². The van der Waals surface area contributed by atoms with Crippen molar-refractivity contribution in [2.45, 2.75) is 58.3 Å². The predicted molar refractivity (Wildman–Crippen MR) is 75.4 cm³/mol. The van der Waals surface area contributed by atoms with Gasteiger partial charge in [-0.15, -0.1) is 6.42 Å². The molecule has 0 radical (unpaired) electrons. The third-order valence-electron chi connectivity index (χ3n) is 2.73. The minimum absolute atomic E-state index is 0.0296. The van der Waals surface area contributed by atoms with Gasteiger partial charge in [0, 0.05) is 13.0 Å². The highest BCUT2D eigenvalue weighted by Gasteiger charge is 2.06. The van der Waals surface area contributed by atoms with Gasteiger partial charge in [0.15, 0.2) is 6.61 Å². The van der Waals surface area contributed by atoms with Gasteiger partial charge in [-0.1, -0.05) is 44.9 Å². The van der Waals surface area contributed by atoms with Crippen molar-refractivity contribution in [1.82, 2.24) is 5.32 Å². The van der Waals surface area contributed by atoms with Gasteiger partial charge in [-0.3, -0.25) is 9.59 Å². The van der Waals surface area contributed by atoms with Gasteiger partial charge in [-0.25, -0.2) is 0 Å². The number of carbonyl (C=O) groups excluding carboxylic acids is 2. The molecule has 0 atom stereocenters. The number of esters is 1. The van der Waals surface area contributed by atoms with Crippen molar-refractivity contribution >= 4 is 11.9 Å². The molecular weight excluding hydrogens is 242 g/mol. The Bertz CT molecular complexity index is 294. The Balaban J connectivity index is 3.35. The predicted octanol–water partition coefficient (Wildman–Crippen LogP) is 2.42. The first-order valence-corrected chi connectivity index (χ1v) is 7.06. The molecule has 0 aliphatic rings. The summed E-state index contributed by atoms with van der Waals surface area (Å²) in [5, 5.41) is 2.80. The number of carbonyl (C=O) groups is 2. The molecule has 0 aromatic rings. The number of rotatable bonds is 11. The summed E-state index contributed by atoms with van der Waals surface area (Å²) < 4.78 is 4.67. The van der Waals surface area contributed by atoms with Crippen molar-refractivity contribution in [3.8, 4) is 12.3 Å². The highest BCUT2D eigenvalue weighted by Crippen LogP contribution is 2.04. The van der Waals surface area contributed by atoms with Crippen LogP contribution in [0, 0.1) is 12.3 Å². The minimum Gasteiger partial charge on any atom is -0.452 e. The van der Waals surface area contributed by atoms with Crippen LogP contribution >= 0.6 is 0 Å². The van der Waals surface area contributed by atoms with E-state index in [2.05, 4.69) is 22.9 Å². The van der Waals surface area contributed by atoms with E-state index in [4.69, 9.17) is 6.42 Å². The lowest BCUT2D eigenvalue weighted by Gasteiger charge is -2.05. The van der Waals surface area contributed by atoms with Gasteiger partial charge < -0.3 is 10.1 Å². The average molecular weight is 267 g/mol. The second-order valence-electron chi connectivity index (χ2n) is 4.48. The summed E-state index contributed by atoms with van der Waals surface area (Å²) in [5.74, 6) is 1.68. The standard InChI is InChI=1S/C15H25NO3/c1-3-5-6-7-8-9-12-16-14(17)10-11-15(18)19-13-4-2/h2H,3,5-13H2,1H3,(H,16,17).